The molecule has 1 atom stereocenters. The van der Waals surface area contributed by atoms with Gasteiger partial charge in [-0.05, 0) is 25.8 Å². The van der Waals surface area contributed by atoms with E-state index in [0.29, 0.717) is 5.56 Å². The van der Waals surface area contributed by atoms with Gasteiger partial charge in [0.2, 0.25) is 0 Å². The Balaban J connectivity index is 2.65. The van der Waals surface area contributed by atoms with Gasteiger partial charge in [0.1, 0.15) is 11.7 Å². The number of amides is 1. The van der Waals surface area contributed by atoms with Crippen LogP contribution in [0.25, 0.3) is 0 Å². The second-order valence-electron chi connectivity index (χ2n) is 4.51. The fourth-order valence-corrected chi connectivity index (χ4v) is 1.68. The highest BCUT2D eigenvalue weighted by molar-refractivity contribution is 6.00. The molecular weight excluding hydrogens is 280 g/mol. The lowest BCUT2D eigenvalue weighted by Gasteiger charge is -2.13. The maximum atomic E-state index is 11.9. The first-order valence-electron chi connectivity index (χ1n) is 6.26. The van der Waals surface area contributed by atoms with Crippen LogP contribution in [0.2, 0.25) is 0 Å². The summed E-state index contributed by atoms with van der Waals surface area (Å²) in [5.41, 5.74) is 0.391. The highest BCUT2D eigenvalue weighted by Gasteiger charge is 2.21. The molecule has 0 fully saturated rings. The van der Waals surface area contributed by atoms with E-state index in [2.05, 4.69) is 10.3 Å². The van der Waals surface area contributed by atoms with Gasteiger partial charge >= 0.3 is 11.9 Å². The molecule has 4 N–H and O–H groups in total. The molecule has 21 heavy (non-hydrogen) atoms. The van der Waals surface area contributed by atoms with Crippen LogP contribution in [0.3, 0.4) is 0 Å². The zero-order valence-electron chi connectivity index (χ0n) is 11.4. The SMILES string of the molecule is CC(=O)c1c[nH]c(C(=O)N[C@H](CCCC(=O)O)C(=O)O)c1. The number of aliphatic carboxylic acids is 2. The smallest absolute Gasteiger partial charge is 0.326 e. The molecule has 1 aromatic rings. The van der Waals surface area contributed by atoms with E-state index >= 15 is 0 Å². The van der Waals surface area contributed by atoms with Crippen LogP contribution in [0.1, 0.15) is 47.0 Å². The van der Waals surface area contributed by atoms with Gasteiger partial charge in [0, 0.05) is 18.2 Å². The Hall–Kier alpha value is -2.64. The number of rotatable bonds is 8. The number of H-pyrrole nitrogens is 1. The molecule has 1 rings (SSSR count). The number of aromatic amines is 1. The Morgan fingerprint density at radius 1 is 1.29 bits per heavy atom. The molecular formula is C13H16N2O6. The van der Waals surface area contributed by atoms with E-state index in [1.165, 1.54) is 19.2 Å². The fourth-order valence-electron chi connectivity index (χ4n) is 1.68. The maximum Gasteiger partial charge on any atom is 0.326 e. The number of carbonyl (C=O) groups excluding carboxylic acids is 2. The summed E-state index contributed by atoms with van der Waals surface area (Å²) in [5, 5.41) is 19.8. The lowest BCUT2D eigenvalue weighted by molar-refractivity contribution is -0.140. The molecule has 8 heteroatoms. The molecule has 0 aliphatic heterocycles. The van der Waals surface area contributed by atoms with Crippen molar-refractivity contribution in [2.75, 3.05) is 0 Å². The number of carboxylic acids is 2. The van der Waals surface area contributed by atoms with E-state index in [1.54, 1.807) is 0 Å². The van der Waals surface area contributed by atoms with E-state index in [0.717, 1.165) is 0 Å². The van der Waals surface area contributed by atoms with Crippen molar-refractivity contribution < 1.29 is 29.4 Å². The third-order valence-corrected chi connectivity index (χ3v) is 2.82. The molecule has 0 spiro atoms. The molecule has 0 radical (unpaired) electrons. The average Bonchev–Trinajstić information content (AvgIpc) is 2.86. The van der Waals surface area contributed by atoms with Gasteiger partial charge in [-0.1, -0.05) is 0 Å². The van der Waals surface area contributed by atoms with Crippen LogP contribution in [0.4, 0.5) is 0 Å². The van der Waals surface area contributed by atoms with E-state index in [4.69, 9.17) is 10.2 Å². The molecule has 1 aromatic heterocycles. The van der Waals surface area contributed by atoms with Gasteiger partial charge in [-0.2, -0.15) is 0 Å². The molecule has 0 aliphatic rings. The molecule has 0 bridgehead atoms. The van der Waals surface area contributed by atoms with Crippen molar-refractivity contribution in [2.45, 2.75) is 32.2 Å². The number of carboxylic acid groups (broad SMARTS) is 2. The first-order valence-corrected chi connectivity index (χ1v) is 6.26. The molecule has 0 saturated heterocycles. The van der Waals surface area contributed by atoms with Gasteiger partial charge < -0.3 is 20.5 Å². The number of nitrogens with one attached hydrogen (secondary N) is 2. The maximum absolute atomic E-state index is 11.9. The molecule has 1 heterocycles. The van der Waals surface area contributed by atoms with E-state index in [9.17, 15) is 19.2 Å². The summed E-state index contributed by atoms with van der Waals surface area (Å²) in [6.07, 6.45) is 1.33. The highest BCUT2D eigenvalue weighted by atomic mass is 16.4. The van der Waals surface area contributed by atoms with Crippen molar-refractivity contribution in [3.05, 3.63) is 23.5 Å². The minimum atomic E-state index is -1.24. The largest absolute Gasteiger partial charge is 0.481 e. The van der Waals surface area contributed by atoms with Gasteiger partial charge in [-0.25, -0.2) is 4.79 Å². The molecule has 0 aromatic carbocycles. The standard InChI is InChI=1S/C13H16N2O6/c1-7(16)8-5-10(14-6-8)12(19)15-9(13(20)21)3-2-4-11(17)18/h5-6,9,14H,2-4H2,1H3,(H,15,19)(H,17,18)(H,20,21)/t9-/m1/s1. The molecule has 0 unspecified atom stereocenters. The van der Waals surface area contributed by atoms with Crippen LogP contribution in [0, 0.1) is 0 Å². The third-order valence-electron chi connectivity index (χ3n) is 2.82. The van der Waals surface area contributed by atoms with E-state index in [-0.39, 0.29) is 30.7 Å². The second kappa shape index (κ2) is 7.22. The van der Waals surface area contributed by atoms with Crippen LogP contribution in [-0.2, 0) is 9.59 Å². The number of hydrogen-bond acceptors (Lipinski definition) is 4. The number of ketones is 1. The molecule has 8 nitrogen and oxygen atoms in total. The number of Topliss-reactive ketones (excluding diaryl/α,β-unsaturated/α-hetero) is 1. The van der Waals surface area contributed by atoms with Crippen molar-refractivity contribution in [2.24, 2.45) is 0 Å². The summed E-state index contributed by atoms with van der Waals surface area (Å²) in [6, 6.07) is 0.148. The summed E-state index contributed by atoms with van der Waals surface area (Å²) in [5.74, 6) is -3.15. The monoisotopic (exact) mass is 296 g/mol. The average molecular weight is 296 g/mol. The zero-order valence-corrected chi connectivity index (χ0v) is 11.4. The van der Waals surface area contributed by atoms with E-state index < -0.39 is 23.9 Å². The fraction of sp³-hybridized carbons (Fsp3) is 0.385. The van der Waals surface area contributed by atoms with Crippen molar-refractivity contribution in [1.29, 1.82) is 0 Å². The Labute approximate surface area is 120 Å². The summed E-state index contributed by atoms with van der Waals surface area (Å²) in [7, 11) is 0. The van der Waals surface area contributed by atoms with Gasteiger partial charge in [0.05, 0.1) is 0 Å². The van der Waals surface area contributed by atoms with Gasteiger partial charge in [-0.3, -0.25) is 14.4 Å². The molecule has 114 valence electrons. The summed E-state index contributed by atoms with van der Waals surface area (Å²) < 4.78 is 0. The Kier molecular flexibility index (Phi) is 5.65. The van der Waals surface area contributed by atoms with Gasteiger partial charge in [0.15, 0.2) is 5.78 Å². The molecule has 0 saturated carbocycles. The lowest BCUT2D eigenvalue weighted by atomic mass is 10.1. The predicted octanol–water partition coefficient (Wildman–Crippen LogP) is 0.655. The van der Waals surface area contributed by atoms with Crippen LogP contribution in [-0.4, -0.2) is 44.9 Å². The normalized spacial score (nSPS) is 11.7. The minimum Gasteiger partial charge on any atom is -0.481 e. The first kappa shape index (κ1) is 16.4. The number of aromatic nitrogens is 1. The molecule has 0 aliphatic carbocycles. The third kappa shape index (κ3) is 5.09. The predicted molar refractivity (Wildman–Crippen MR) is 71.2 cm³/mol. The minimum absolute atomic E-state index is 0.00759. The lowest BCUT2D eigenvalue weighted by Crippen LogP contribution is -2.40. The van der Waals surface area contributed by atoms with Crippen LogP contribution < -0.4 is 5.32 Å². The zero-order chi connectivity index (χ0) is 16.0. The summed E-state index contributed by atoms with van der Waals surface area (Å²) in [4.78, 5) is 47.0. The molecule has 1 amide bonds. The van der Waals surface area contributed by atoms with Crippen molar-refractivity contribution in [1.82, 2.24) is 10.3 Å². The van der Waals surface area contributed by atoms with Crippen molar-refractivity contribution >= 4 is 23.6 Å². The second-order valence-corrected chi connectivity index (χ2v) is 4.51. The number of carbonyl (C=O) groups is 4. The number of hydrogen-bond donors (Lipinski definition) is 4. The summed E-state index contributed by atoms with van der Waals surface area (Å²) in [6.45, 7) is 1.34. The quantitative estimate of drug-likeness (QED) is 0.520. The van der Waals surface area contributed by atoms with Crippen LogP contribution >= 0.6 is 0 Å². The summed E-state index contributed by atoms with van der Waals surface area (Å²) >= 11 is 0. The van der Waals surface area contributed by atoms with Crippen molar-refractivity contribution in [3.63, 3.8) is 0 Å². The van der Waals surface area contributed by atoms with E-state index in [1.807, 2.05) is 0 Å². The Bertz CT molecular complexity index is 563. The topological polar surface area (TPSA) is 137 Å². The first-order chi connectivity index (χ1) is 9.81. The van der Waals surface area contributed by atoms with Crippen LogP contribution in [0.15, 0.2) is 12.3 Å². The Morgan fingerprint density at radius 2 is 1.95 bits per heavy atom. The Morgan fingerprint density at radius 3 is 2.43 bits per heavy atom. The highest BCUT2D eigenvalue weighted by Crippen LogP contribution is 2.07. The van der Waals surface area contributed by atoms with Gasteiger partial charge in [0.25, 0.3) is 5.91 Å². The van der Waals surface area contributed by atoms with Crippen LogP contribution in [0.5, 0.6) is 0 Å². The van der Waals surface area contributed by atoms with Crippen molar-refractivity contribution in [3.8, 4) is 0 Å². The van der Waals surface area contributed by atoms with Gasteiger partial charge in [-0.15, -0.1) is 0 Å².